The van der Waals surface area contributed by atoms with E-state index < -0.39 is 0 Å². The monoisotopic (exact) mass is 350 g/mol. The van der Waals surface area contributed by atoms with Crippen molar-refractivity contribution >= 4 is 24.0 Å². The van der Waals surface area contributed by atoms with Gasteiger partial charge in [0, 0.05) is 31.5 Å². The van der Waals surface area contributed by atoms with Crippen LogP contribution in [0.5, 0.6) is 0 Å². The van der Waals surface area contributed by atoms with Crippen molar-refractivity contribution < 1.29 is 4.79 Å². The number of aromatic nitrogens is 2. The third-order valence-corrected chi connectivity index (χ3v) is 4.57. The van der Waals surface area contributed by atoms with Gasteiger partial charge in [-0.3, -0.25) is 14.0 Å². The molecule has 1 aliphatic heterocycles. The van der Waals surface area contributed by atoms with Gasteiger partial charge >= 0.3 is 0 Å². The lowest BCUT2D eigenvalue weighted by molar-refractivity contribution is 0.0658. The average Bonchev–Trinajstić information content (AvgIpc) is 2.55. The Morgan fingerprint density at radius 3 is 2.88 bits per heavy atom. The van der Waals surface area contributed by atoms with Gasteiger partial charge in [-0.15, -0.1) is 12.4 Å². The Morgan fingerprint density at radius 2 is 2.17 bits per heavy atom. The van der Waals surface area contributed by atoms with E-state index in [4.69, 9.17) is 5.73 Å². The summed E-state index contributed by atoms with van der Waals surface area (Å²) in [7, 11) is 0. The maximum atomic E-state index is 12.7. The van der Waals surface area contributed by atoms with Crippen molar-refractivity contribution in [3.63, 3.8) is 0 Å². The average molecular weight is 351 g/mol. The van der Waals surface area contributed by atoms with Crippen LogP contribution in [0.25, 0.3) is 5.65 Å². The Morgan fingerprint density at radius 1 is 1.42 bits per heavy atom. The van der Waals surface area contributed by atoms with Crippen LogP contribution < -0.4 is 11.3 Å². The van der Waals surface area contributed by atoms with E-state index in [0.717, 1.165) is 18.4 Å². The number of halogens is 1. The molecule has 3 rings (SSSR count). The molecule has 130 valence electrons. The second-order valence-electron chi connectivity index (χ2n) is 6.42. The second kappa shape index (κ2) is 7.32. The van der Waals surface area contributed by atoms with E-state index in [0.29, 0.717) is 18.7 Å². The summed E-state index contributed by atoms with van der Waals surface area (Å²) in [4.78, 5) is 31.4. The molecule has 2 atom stereocenters. The van der Waals surface area contributed by atoms with Gasteiger partial charge in [0.25, 0.3) is 11.5 Å². The van der Waals surface area contributed by atoms with E-state index in [9.17, 15) is 9.59 Å². The number of amides is 1. The molecule has 0 aliphatic carbocycles. The van der Waals surface area contributed by atoms with Crippen molar-refractivity contribution in [2.75, 3.05) is 13.1 Å². The van der Waals surface area contributed by atoms with E-state index in [-0.39, 0.29) is 41.4 Å². The number of nitrogens with two attached hydrogens (primary N) is 1. The van der Waals surface area contributed by atoms with Gasteiger partial charge in [0.1, 0.15) is 11.2 Å². The van der Waals surface area contributed by atoms with E-state index in [1.54, 1.807) is 17.2 Å². The van der Waals surface area contributed by atoms with Crippen molar-refractivity contribution in [2.45, 2.75) is 32.7 Å². The van der Waals surface area contributed by atoms with E-state index in [2.05, 4.69) is 4.98 Å². The van der Waals surface area contributed by atoms with Gasteiger partial charge in [0.2, 0.25) is 0 Å². The summed E-state index contributed by atoms with van der Waals surface area (Å²) in [5.74, 6) is 0.0369. The van der Waals surface area contributed by atoms with E-state index >= 15 is 0 Å². The number of nitrogens with zero attached hydrogens (tertiary/aromatic N) is 3. The third kappa shape index (κ3) is 3.44. The molecule has 0 spiro atoms. The molecular formula is C17H23ClN4O2. The van der Waals surface area contributed by atoms with Crippen molar-refractivity contribution in [1.29, 1.82) is 0 Å². The largest absolute Gasteiger partial charge is 0.338 e. The normalized spacial score (nSPS) is 19.0. The fraction of sp³-hybridized carbons (Fsp3) is 0.471. The maximum absolute atomic E-state index is 12.7. The molecule has 0 bridgehead atoms. The molecule has 0 aromatic carbocycles. The Balaban J connectivity index is 0.00000208. The molecule has 2 N–H and O–H groups in total. The first kappa shape index (κ1) is 18.4. The van der Waals surface area contributed by atoms with Crippen LogP contribution in [-0.2, 0) is 0 Å². The van der Waals surface area contributed by atoms with E-state index in [1.807, 2.05) is 19.9 Å². The SMILES string of the molecule is Cc1ccc2ncc(C(=O)N3CCCC(C(C)N)C3)c(=O)n2c1.Cl. The van der Waals surface area contributed by atoms with Gasteiger partial charge in [-0.05, 0) is 44.2 Å². The first-order valence-electron chi connectivity index (χ1n) is 8.00. The Labute approximate surface area is 147 Å². The highest BCUT2D eigenvalue weighted by Crippen LogP contribution is 2.20. The number of hydrogen-bond acceptors (Lipinski definition) is 4. The van der Waals surface area contributed by atoms with Crippen LogP contribution in [0.4, 0.5) is 0 Å². The van der Waals surface area contributed by atoms with Crippen LogP contribution >= 0.6 is 12.4 Å². The summed E-state index contributed by atoms with van der Waals surface area (Å²) in [6.07, 6.45) is 5.04. The molecule has 1 amide bonds. The fourth-order valence-corrected chi connectivity index (χ4v) is 3.12. The van der Waals surface area contributed by atoms with Crippen LogP contribution in [0.15, 0.2) is 29.3 Å². The molecule has 0 radical (unpaired) electrons. The summed E-state index contributed by atoms with van der Waals surface area (Å²) < 4.78 is 1.44. The number of carbonyl (C=O) groups excluding carboxylic acids is 1. The molecule has 7 heteroatoms. The molecular weight excluding hydrogens is 328 g/mol. The topological polar surface area (TPSA) is 80.7 Å². The summed E-state index contributed by atoms with van der Waals surface area (Å²) in [5, 5.41) is 0. The zero-order valence-corrected chi connectivity index (χ0v) is 14.8. The van der Waals surface area contributed by atoms with Crippen molar-refractivity contribution in [3.8, 4) is 0 Å². The number of pyridine rings is 1. The van der Waals surface area contributed by atoms with E-state index in [1.165, 1.54) is 10.6 Å². The van der Waals surface area contributed by atoms with Crippen LogP contribution in [0.1, 0.15) is 35.7 Å². The molecule has 2 aromatic heterocycles. The predicted molar refractivity (Wildman–Crippen MR) is 95.7 cm³/mol. The highest BCUT2D eigenvalue weighted by atomic mass is 35.5. The Hall–Kier alpha value is -1.92. The number of fused-ring (bicyclic) bond motifs is 1. The summed E-state index contributed by atoms with van der Waals surface area (Å²) in [5.41, 5.74) is 7.27. The van der Waals surface area contributed by atoms with Crippen molar-refractivity contribution in [3.05, 3.63) is 46.0 Å². The Bertz CT molecular complexity index is 803. The summed E-state index contributed by atoms with van der Waals surface area (Å²) in [6, 6.07) is 3.71. The second-order valence-corrected chi connectivity index (χ2v) is 6.42. The molecule has 6 nitrogen and oxygen atoms in total. The highest BCUT2D eigenvalue weighted by molar-refractivity contribution is 5.93. The predicted octanol–water partition coefficient (Wildman–Crippen LogP) is 1.62. The third-order valence-electron chi connectivity index (χ3n) is 4.57. The lowest BCUT2D eigenvalue weighted by Crippen LogP contribution is -2.46. The van der Waals surface area contributed by atoms with Gasteiger partial charge in [-0.25, -0.2) is 4.98 Å². The molecule has 1 fully saturated rings. The van der Waals surface area contributed by atoms with Crippen LogP contribution in [0, 0.1) is 12.8 Å². The van der Waals surface area contributed by atoms with Gasteiger partial charge in [0.15, 0.2) is 0 Å². The molecule has 1 aliphatic rings. The number of carbonyl (C=O) groups is 1. The zero-order valence-electron chi connectivity index (χ0n) is 13.9. The van der Waals surface area contributed by atoms with Crippen molar-refractivity contribution in [1.82, 2.24) is 14.3 Å². The maximum Gasteiger partial charge on any atom is 0.270 e. The lowest BCUT2D eigenvalue weighted by Gasteiger charge is -2.34. The quantitative estimate of drug-likeness (QED) is 0.892. The van der Waals surface area contributed by atoms with Gasteiger partial charge < -0.3 is 10.6 Å². The first-order chi connectivity index (χ1) is 11.0. The number of hydrogen-bond donors (Lipinski definition) is 1. The highest BCUT2D eigenvalue weighted by Gasteiger charge is 2.28. The standard InChI is InChI=1S/C17H22N4O2.ClH/c1-11-5-6-15-19-8-14(17(23)21(15)9-11)16(22)20-7-3-4-13(10-20)12(2)18;/h5-6,8-9,12-13H,3-4,7,10,18H2,1-2H3;1H. The minimum atomic E-state index is -0.313. The molecule has 2 unspecified atom stereocenters. The van der Waals surface area contributed by atoms with Crippen LogP contribution in [-0.4, -0.2) is 39.3 Å². The fourth-order valence-electron chi connectivity index (χ4n) is 3.12. The Kier molecular flexibility index (Phi) is 5.62. The zero-order chi connectivity index (χ0) is 16.6. The van der Waals surface area contributed by atoms with Crippen molar-refractivity contribution in [2.24, 2.45) is 11.7 Å². The number of aryl methyl sites for hydroxylation is 1. The van der Waals surface area contributed by atoms with Crippen LogP contribution in [0.3, 0.4) is 0 Å². The molecule has 24 heavy (non-hydrogen) atoms. The molecule has 0 saturated carbocycles. The summed E-state index contributed by atoms with van der Waals surface area (Å²) >= 11 is 0. The van der Waals surface area contributed by atoms with Crippen LogP contribution in [0.2, 0.25) is 0 Å². The minimum Gasteiger partial charge on any atom is -0.338 e. The first-order valence-corrected chi connectivity index (χ1v) is 8.00. The molecule has 3 heterocycles. The van der Waals surface area contributed by atoms with Gasteiger partial charge in [-0.1, -0.05) is 6.07 Å². The smallest absolute Gasteiger partial charge is 0.270 e. The molecule has 1 saturated heterocycles. The van der Waals surface area contributed by atoms with Gasteiger partial charge in [0.05, 0.1) is 0 Å². The molecule has 2 aromatic rings. The lowest BCUT2D eigenvalue weighted by atomic mass is 9.92. The van der Waals surface area contributed by atoms with Gasteiger partial charge in [-0.2, -0.15) is 0 Å². The minimum absolute atomic E-state index is 0. The number of piperidine rings is 1. The number of likely N-dealkylation sites (tertiary alicyclic amines) is 1. The number of rotatable bonds is 2. The summed E-state index contributed by atoms with van der Waals surface area (Å²) in [6.45, 7) is 5.14.